The molecule has 3 nitrogen and oxygen atoms in total. The predicted molar refractivity (Wildman–Crippen MR) is 71.8 cm³/mol. The lowest BCUT2D eigenvalue weighted by Gasteiger charge is -2.22. The molecule has 0 aliphatic carbocycles. The number of carbonyl (C=O) groups is 2. The fraction of sp³-hybridized carbons (Fsp3) is 0.125. The van der Waals surface area contributed by atoms with Crippen molar-refractivity contribution < 1.29 is 9.59 Å². The fourth-order valence-corrected chi connectivity index (χ4v) is 2.44. The molecule has 0 saturated heterocycles. The summed E-state index contributed by atoms with van der Waals surface area (Å²) in [5.74, 6) is -0.422. The number of carbonyl (C=O) groups excluding carboxylic acids is 2. The molecule has 0 fully saturated rings. The zero-order valence-corrected chi connectivity index (χ0v) is 10.5. The summed E-state index contributed by atoms with van der Waals surface area (Å²) >= 11 is 0. The molecule has 0 bridgehead atoms. The minimum Gasteiger partial charge on any atom is -0.269 e. The molecule has 3 rings (SSSR count). The molecule has 0 unspecified atom stereocenters. The van der Waals surface area contributed by atoms with E-state index < -0.39 is 0 Å². The Bertz CT molecular complexity index is 614. The third-order valence-corrected chi connectivity index (χ3v) is 3.49. The molecular weight excluding hydrogens is 238 g/mol. The Morgan fingerprint density at radius 1 is 0.789 bits per heavy atom. The lowest BCUT2D eigenvalue weighted by molar-refractivity contribution is 0.0595. The van der Waals surface area contributed by atoms with Gasteiger partial charge in [-0.1, -0.05) is 42.5 Å². The van der Waals surface area contributed by atoms with E-state index in [1.54, 1.807) is 24.3 Å². The van der Waals surface area contributed by atoms with Crippen LogP contribution < -0.4 is 0 Å². The van der Waals surface area contributed by atoms with E-state index in [0.717, 1.165) is 5.56 Å². The van der Waals surface area contributed by atoms with E-state index in [1.807, 2.05) is 37.3 Å². The summed E-state index contributed by atoms with van der Waals surface area (Å²) in [6.45, 7) is 1.87. The maximum Gasteiger partial charge on any atom is 0.262 e. The van der Waals surface area contributed by atoms with E-state index in [9.17, 15) is 9.59 Å². The summed E-state index contributed by atoms with van der Waals surface area (Å²) in [4.78, 5) is 26.0. The van der Waals surface area contributed by atoms with Gasteiger partial charge in [0.05, 0.1) is 17.2 Å². The van der Waals surface area contributed by atoms with Crippen molar-refractivity contribution >= 4 is 11.8 Å². The molecule has 94 valence electrons. The summed E-state index contributed by atoms with van der Waals surface area (Å²) in [6, 6.07) is 16.3. The van der Waals surface area contributed by atoms with Crippen LogP contribution in [-0.2, 0) is 0 Å². The normalized spacial score (nSPS) is 15.5. The van der Waals surface area contributed by atoms with Gasteiger partial charge in [-0.25, -0.2) is 0 Å². The Kier molecular flexibility index (Phi) is 2.67. The van der Waals surface area contributed by atoms with E-state index >= 15 is 0 Å². The third-order valence-electron chi connectivity index (χ3n) is 3.49. The first-order valence-corrected chi connectivity index (χ1v) is 6.22. The summed E-state index contributed by atoms with van der Waals surface area (Å²) in [6.07, 6.45) is 0. The molecule has 0 radical (unpaired) electrons. The van der Waals surface area contributed by atoms with Gasteiger partial charge in [-0.15, -0.1) is 0 Å². The second-order valence-corrected chi connectivity index (χ2v) is 4.61. The topological polar surface area (TPSA) is 37.4 Å². The molecule has 1 aliphatic heterocycles. The number of fused-ring (bicyclic) bond motifs is 1. The van der Waals surface area contributed by atoms with E-state index in [4.69, 9.17) is 0 Å². The number of benzene rings is 2. The lowest BCUT2D eigenvalue weighted by Crippen LogP contribution is -2.32. The van der Waals surface area contributed by atoms with Gasteiger partial charge in [-0.2, -0.15) is 0 Å². The third kappa shape index (κ3) is 1.74. The van der Waals surface area contributed by atoms with Crippen molar-refractivity contribution in [1.82, 2.24) is 4.90 Å². The second kappa shape index (κ2) is 4.35. The molecule has 1 heterocycles. The molecule has 0 aromatic heterocycles. The molecule has 19 heavy (non-hydrogen) atoms. The average molecular weight is 251 g/mol. The van der Waals surface area contributed by atoms with Crippen molar-refractivity contribution in [2.45, 2.75) is 13.0 Å². The van der Waals surface area contributed by atoms with Crippen molar-refractivity contribution in [3.63, 3.8) is 0 Å². The molecule has 1 aliphatic rings. The van der Waals surface area contributed by atoms with Gasteiger partial charge in [0.15, 0.2) is 0 Å². The van der Waals surface area contributed by atoms with Gasteiger partial charge in [0.2, 0.25) is 0 Å². The van der Waals surface area contributed by atoms with E-state index in [1.165, 1.54) is 4.90 Å². The van der Waals surface area contributed by atoms with Crippen LogP contribution in [0.5, 0.6) is 0 Å². The van der Waals surface area contributed by atoms with Gasteiger partial charge in [0.1, 0.15) is 0 Å². The summed E-state index contributed by atoms with van der Waals surface area (Å²) in [5, 5.41) is 0. The Balaban J connectivity index is 2.01. The fourth-order valence-electron chi connectivity index (χ4n) is 2.44. The highest BCUT2D eigenvalue weighted by molar-refractivity contribution is 6.21. The van der Waals surface area contributed by atoms with Crippen LogP contribution in [0.25, 0.3) is 0 Å². The van der Waals surface area contributed by atoms with Crippen LogP contribution in [0.4, 0.5) is 0 Å². The summed E-state index contributed by atoms with van der Waals surface area (Å²) in [7, 11) is 0. The molecule has 2 aromatic rings. The number of nitrogens with zero attached hydrogens (tertiary/aromatic N) is 1. The smallest absolute Gasteiger partial charge is 0.262 e. The minimum absolute atomic E-state index is 0.211. The van der Waals surface area contributed by atoms with Crippen LogP contribution in [0, 0.1) is 0 Å². The second-order valence-electron chi connectivity index (χ2n) is 4.61. The monoisotopic (exact) mass is 251 g/mol. The molecule has 1 atom stereocenters. The molecule has 2 amide bonds. The lowest BCUT2D eigenvalue weighted by atomic mass is 10.1. The van der Waals surface area contributed by atoms with Crippen LogP contribution in [0.3, 0.4) is 0 Å². The number of amides is 2. The first-order valence-electron chi connectivity index (χ1n) is 6.22. The van der Waals surface area contributed by atoms with Crippen LogP contribution in [0.2, 0.25) is 0 Å². The van der Waals surface area contributed by atoms with E-state index in [-0.39, 0.29) is 17.9 Å². The minimum atomic E-state index is -0.256. The largest absolute Gasteiger partial charge is 0.269 e. The van der Waals surface area contributed by atoms with Gasteiger partial charge < -0.3 is 0 Å². The molecule has 0 saturated carbocycles. The highest BCUT2D eigenvalue weighted by Crippen LogP contribution is 2.30. The maximum atomic E-state index is 12.3. The van der Waals surface area contributed by atoms with Crippen molar-refractivity contribution in [2.75, 3.05) is 0 Å². The van der Waals surface area contributed by atoms with E-state index in [2.05, 4.69) is 0 Å². The van der Waals surface area contributed by atoms with Crippen LogP contribution in [0.15, 0.2) is 54.6 Å². The van der Waals surface area contributed by atoms with Gasteiger partial charge in [-0.05, 0) is 24.6 Å². The Morgan fingerprint density at radius 3 is 1.79 bits per heavy atom. The molecule has 3 heteroatoms. The van der Waals surface area contributed by atoms with Crippen molar-refractivity contribution in [3.05, 3.63) is 71.3 Å². The first kappa shape index (κ1) is 11.7. The molecular formula is C16H13NO2. The zero-order chi connectivity index (χ0) is 13.4. The quantitative estimate of drug-likeness (QED) is 0.769. The highest BCUT2D eigenvalue weighted by atomic mass is 16.2. The van der Waals surface area contributed by atoms with Gasteiger partial charge in [0.25, 0.3) is 11.8 Å². The van der Waals surface area contributed by atoms with Crippen LogP contribution >= 0.6 is 0 Å². The maximum absolute atomic E-state index is 12.3. The molecule has 0 spiro atoms. The average Bonchev–Trinajstić information content (AvgIpc) is 2.72. The van der Waals surface area contributed by atoms with Crippen molar-refractivity contribution in [3.8, 4) is 0 Å². The summed E-state index contributed by atoms with van der Waals surface area (Å²) in [5.41, 5.74) is 1.95. The van der Waals surface area contributed by atoms with Gasteiger partial charge in [-0.3, -0.25) is 14.5 Å². The van der Waals surface area contributed by atoms with Gasteiger partial charge in [0, 0.05) is 0 Å². The SMILES string of the molecule is C[C@H](c1ccccc1)N1C(=O)c2ccccc2C1=O. The van der Waals surface area contributed by atoms with E-state index in [0.29, 0.717) is 11.1 Å². The number of imide groups is 1. The Morgan fingerprint density at radius 2 is 1.26 bits per heavy atom. The van der Waals surface area contributed by atoms with Crippen molar-refractivity contribution in [2.24, 2.45) is 0 Å². The standard InChI is InChI=1S/C16H13NO2/c1-11(12-7-3-2-4-8-12)17-15(18)13-9-5-6-10-14(13)16(17)19/h2-11H,1H3/t11-/m1/s1. The zero-order valence-electron chi connectivity index (χ0n) is 10.5. The Hall–Kier alpha value is -2.42. The first-order chi connectivity index (χ1) is 9.20. The number of hydrogen-bond donors (Lipinski definition) is 0. The van der Waals surface area contributed by atoms with Crippen molar-refractivity contribution in [1.29, 1.82) is 0 Å². The highest BCUT2D eigenvalue weighted by Gasteiger charge is 2.38. The number of hydrogen-bond acceptors (Lipinski definition) is 2. The summed E-state index contributed by atoms with van der Waals surface area (Å²) < 4.78 is 0. The molecule has 0 N–H and O–H groups in total. The van der Waals surface area contributed by atoms with Gasteiger partial charge >= 0.3 is 0 Å². The van der Waals surface area contributed by atoms with Crippen LogP contribution in [0.1, 0.15) is 39.2 Å². The van der Waals surface area contributed by atoms with Crippen LogP contribution in [-0.4, -0.2) is 16.7 Å². The number of rotatable bonds is 2. The predicted octanol–water partition coefficient (Wildman–Crippen LogP) is 3.04. The molecule has 2 aromatic carbocycles. The Labute approximate surface area is 111 Å².